The maximum Gasteiger partial charge on any atom is 0.323 e. The van der Waals surface area contributed by atoms with E-state index in [-0.39, 0.29) is 11.4 Å². The molecule has 0 unspecified atom stereocenters. The Morgan fingerprint density at radius 3 is 2.54 bits per heavy atom. The van der Waals surface area contributed by atoms with E-state index in [1.165, 1.54) is 12.7 Å². The number of aromatic nitrogens is 3. The molecule has 28 heavy (non-hydrogen) atoms. The fourth-order valence-electron chi connectivity index (χ4n) is 3.54. The molecule has 1 aromatic heterocycles. The van der Waals surface area contributed by atoms with E-state index in [0.29, 0.717) is 24.4 Å². The molecule has 0 radical (unpaired) electrons. The molecule has 0 bridgehead atoms. The largest absolute Gasteiger partial charge is 0.468 e. The van der Waals surface area contributed by atoms with Gasteiger partial charge in [0.25, 0.3) is 0 Å². The fourth-order valence-corrected chi connectivity index (χ4v) is 3.72. The van der Waals surface area contributed by atoms with Crippen molar-refractivity contribution in [2.24, 2.45) is 7.05 Å². The fraction of sp³-hybridized carbons (Fsp3) is 0.550. The van der Waals surface area contributed by atoms with Crippen molar-refractivity contribution < 1.29 is 14.6 Å². The Balaban J connectivity index is 1.87. The number of benzene rings is 1. The summed E-state index contributed by atoms with van der Waals surface area (Å²) >= 11 is 5.55. The van der Waals surface area contributed by atoms with Crippen LogP contribution in [0.4, 0.5) is 0 Å². The third-order valence-corrected chi connectivity index (χ3v) is 5.70. The minimum Gasteiger partial charge on any atom is -0.468 e. The molecule has 1 N–H and O–H groups in total. The van der Waals surface area contributed by atoms with Gasteiger partial charge in [-0.05, 0) is 23.2 Å². The van der Waals surface area contributed by atoms with Crippen molar-refractivity contribution in [3.05, 3.63) is 34.6 Å². The van der Waals surface area contributed by atoms with Gasteiger partial charge in [-0.1, -0.05) is 45.0 Å². The van der Waals surface area contributed by atoms with Gasteiger partial charge in [-0.2, -0.15) is 5.10 Å². The van der Waals surface area contributed by atoms with Crippen LogP contribution in [0.25, 0.3) is 11.4 Å². The van der Waals surface area contributed by atoms with Gasteiger partial charge in [0.2, 0.25) is 0 Å². The maximum atomic E-state index is 12.0. The molecule has 1 saturated heterocycles. The van der Waals surface area contributed by atoms with Crippen molar-refractivity contribution in [3.8, 4) is 11.4 Å². The summed E-state index contributed by atoms with van der Waals surface area (Å²) in [6, 6.07) is 7.85. The van der Waals surface area contributed by atoms with Gasteiger partial charge in [0, 0.05) is 25.6 Å². The summed E-state index contributed by atoms with van der Waals surface area (Å²) in [5, 5.41) is 14.7. The zero-order valence-electron chi connectivity index (χ0n) is 17.0. The predicted octanol–water partition coefficient (Wildman–Crippen LogP) is 2.48. The molecule has 0 saturated carbocycles. The van der Waals surface area contributed by atoms with Crippen LogP contribution >= 0.6 is 12.2 Å². The number of likely N-dealkylation sites (tertiary alicyclic amines) is 1. The second-order valence-electron chi connectivity index (χ2n) is 8.33. The van der Waals surface area contributed by atoms with E-state index in [1.54, 1.807) is 4.68 Å². The first-order valence-electron chi connectivity index (χ1n) is 9.36. The lowest BCUT2D eigenvalue weighted by Crippen LogP contribution is -2.38. The van der Waals surface area contributed by atoms with Crippen molar-refractivity contribution in [1.82, 2.24) is 19.2 Å². The third kappa shape index (κ3) is 4.04. The Morgan fingerprint density at radius 1 is 1.32 bits per heavy atom. The van der Waals surface area contributed by atoms with Crippen molar-refractivity contribution in [1.29, 1.82) is 0 Å². The van der Waals surface area contributed by atoms with Gasteiger partial charge in [-0.25, -0.2) is 4.68 Å². The van der Waals surface area contributed by atoms with Gasteiger partial charge in [0.15, 0.2) is 10.6 Å². The standard InChI is InChI=1S/C20H28N4O3S/c1-20(2,3)14-8-6-13(7-9-14)17-21-24(19(28)22(17)4)12-23-11-15(25)10-16(23)18(26)27-5/h6-9,15-16,25H,10-12H2,1-5H3/t15-,16-/m0/s1. The molecule has 8 heteroatoms. The molecular weight excluding hydrogens is 376 g/mol. The van der Waals surface area contributed by atoms with Gasteiger partial charge >= 0.3 is 5.97 Å². The monoisotopic (exact) mass is 404 g/mol. The van der Waals surface area contributed by atoms with Crippen molar-refractivity contribution in [2.45, 2.75) is 51.4 Å². The molecule has 2 aromatic rings. The summed E-state index contributed by atoms with van der Waals surface area (Å²) in [7, 11) is 3.24. The number of hydrogen-bond donors (Lipinski definition) is 1. The van der Waals surface area contributed by atoms with E-state index in [1.807, 2.05) is 16.5 Å². The van der Waals surface area contributed by atoms with Crippen LogP contribution < -0.4 is 0 Å². The highest BCUT2D eigenvalue weighted by Gasteiger charge is 2.37. The summed E-state index contributed by atoms with van der Waals surface area (Å²) < 4.78 is 8.97. The lowest BCUT2D eigenvalue weighted by atomic mass is 9.87. The van der Waals surface area contributed by atoms with Crippen molar-refractivity contribution >= 4 is 18.2 Å². The van der Waals surface area contributed by atoms with E-state index in [4.69, 9.17) is 17.0 Å². The van der Waals surface area contributed by atoms with Crippen LogP contribution in [-0.2, 0) is 28.7 Å². The molecule has 3 rings (SSSR count). The van der Waals surface area contributed by atoms with E-state index < -0.39 is 12.1 Å². The van der Waals surface area contributed by atoms with Gasteiger partial charge < -0.3 is 14.4 Å². The summed E-state index contributed by atoms with van der Waals surface area (Å²) in [6.07, 6.45) is -0.208. The number of rotatable bonds is 4. The zero-order valence-corrected chi connectivity index (χ0v) is 17.9. The first-order valence-corrected chi connectivity index (χ1v) is 9.77. The number of nitrogens with zero attached hydrogens (tertiary/aromatic N) is 4. The Kier molecular flexibility index (Phi) is 5.74. The average Bonchev–Trinajstić information content (AvgIpc) is 3.15. The number of methoxy groups -OCH3 is 1. The molecule has 1 aromatic carbocycles. The minimum absolute atomic E-state index is 0.0861. The third-order valence-electron chi connectivity index (χ3n) is 5.22. The van der Waals surface area contributed by atoms with E-state index in [9.17, 15) is 9.90 Å². The number of ether oxygens (including phenoxy) is 1. The first-order chi connectivity index (χ1) is 13.1. The molecule has 152 valence electrons. The van der Waals surface area contributed by atoms with Crippen LogP contribution in [-0.4, -0.2) is 56.1 Å². The Hall–Kier alpha value is -2.03. The number of hydrogen-bond acceptors (Lipinski definition) is 6. The van der Waals surface area contributed by atoms with Gasteiger partial charge in [-0.15, -0.1) is 0 Å². The number of esters is 1. The quantitative estimate of drug-likeness (QED) is 0.624. The molecule has 1 aliphatic heterocycles. The van der Waals surface area contributed by atoms with Crippen molar-refractivity contribution in [2.75, 3.05) is 13.7 Å². The van der Waals surface area contributed by atoms with E-state index in [0.717, 1.165) is 11.4 Å². The van der Waals surface area contributed by atoms with E-state index >= 15 is 0 Å². The molecule has 1 aliphatic rings. The number of β-amino-alcohol motifs (C(OH)–C–C–N with tert-alkyl or cyclic N) is 1. The lowest BCUT2D eigenvalue weighted by Gasteiger charge is -2.21. The molecular formula is C20H28N4O3S. The SMILES string of the molecule is COC(=O)[C@@H]1C[C@H](O)CN1Cn1nc(-c2ccc(C(C)(C)C)cc2)n(C)c1=S. The molecule has 0 aliphatic carbocycles. The van der Waals surface area contributed by atoms with Crippen LogP contribution in [0.5, 0.6) is 0 Å². The Labute approximate surface area is 170 Å². The highest BCUT2D eigenvalue weighted by molar-refractivity contribution is 7.71. The van der Waals surface area contributed by atoms with Crippen LogP contribution in [0.3, 0.4) is 0 Å². The highest BCUT2D eigenvalue weighted by atomic mass is 32.1. The molecule has 2 heterocycles. The summed E-state index contributed by atoms with van der Waals surface area (Å²) in [5.41, 5.74) is 2.32. The maximum absolute atomic E-state index is 12.0. The summed E-state index contributed by atoms with van der Waals surface area (Å²) in [6.45, 7) is 7.25. The number of carbonyl (C=O) groups excluding carboxylic acids is 1. The smallest absolute Gasteiger partial charge is 0.323 e. The summed E-state index contributed by atoms with van der Waals surface area (Å²) in [4.78, 5) is 13.9. The Bertz CT molecular complexity index is 911. The molecule has 0 amide bonds. The molecule has 0 spiro atoms. The van der Waals surface area contributed by atoms with Crippen LogP contribution in [0.2, 0.25) is 0 Å². The normalized spacial score (nSPS) is 20.5. The van der Waals surface area contributed by atoms with Gasteiger partial charge in [0.1, 0.15) is 6.04 Å². The van der Waals surface area contributed by atoms with Crippen LogP contribution in [0.15, 0.2) is 24.3 Å². The lowest BCUT2D eigenvalue weighted by molar-refractivity contribution is -0.146. The van der Waals surface area contributed by atoms with Gasteiger partial charge in [0.05, 0.1) is 19.9 Å². The second-order valence-corrected chi connectivity index (χ2v) is 8.70. The van der Waals surface area contributed by atoms with Crippen LogP contribution in [0.1, 0.15) is 32.8 Å². The topological polar surface area (TPSA) is 72.5 Å². The molecule has 1 fully saturated rings. The first kappa shape index (κ1) is 20.7. The second kappa shape index (κ2) is 7.77. The number of aliphatic hydroxyl groups excluding tert-OH is 1. The van der Waals surface area contributed by atoms with E-state index in [2.05, 4.69) is 50.1 Å². The predicted molar refractivity (Wildman–Crippen MR) is 109 cm³/mol. The average molecular weight is 405 g/mol. The zero-order chi connectivity index (χ0) is 20.6. The van der Waals surface area contributed by atoms with Crippen LogP contribution in [0, 0.1) is 4.77 Å². The number of carbonyl (C=O) groups is 1. The molecule has 7 nitrogen and oxygen atoms in total. The number of aliphatic hydroxyl groups is 1. The summed E-state index contributed by atoms with van der Waals surface area (Å²) in [5.74, 6) is 0.414. The Morgan fingerprint density at radius 2 is 1.96 bits per heavy atom. The minimum atomic E-state index is -0.564. The highest BCUT2D eigenvalue weighted by Crippen LogP contribution is 2.26. The van der Waals surface area contributed by atoms with Gasteiger partial charge in [-0.3, -0.25) is 9.69 Å². The van der Waals surface area contributed by atoms with Crippen molar-refractivity contribution in [3.63, 3.8) is 0 Å². The molecule has 2 atom stereocenters.